The van der Waals surface area contributed by atoms with Crippen LogP contribution in [-0.2, 0) is 10.0 Å². The summed E-state index contributed by atoms with van der Waals surface area (Å²) in [6, 6.07) is 0. The van der Waals surface area contributed by atoms with E-state index in [-0.39, 0.29) is 10.2 Å². The molecule has 0 aliphatic heterocycles. The quantitative estimate of drug-likeness (QED) is 0.752. The zero-order valence-corrected chi connectivity index (χ0v) is 10.1. The van der Waals surface area contributed by atoms with E-state index in [1.807, 2.05) is 6.92 Å². The van der Waals surface area contributed by atoms with Crippen molar-refractivity contribution in [2.24, 2.45) is 0 Å². The highest BCUT2D eigenvalue weighted by Crippen LogP contribution is 2.13. The van der Waals surface area contributed by atoms with E-state index in [1.165, 1.54) is 23.7 Å². The van der Waals surface area contributed by atoms with Crippen molar-refractivity contribution < 1.29 is 8.42 Å². The Morgan fingerprint density at radius 1 is 1.40 bits per heavy atom. The minimum Gasteiger partial charge on any atom is -0.225 e. The van der Waals surface area contributed by atoms with E-state index in [0.717, 1.165) is 6.42 Å². The molecule has 0 saturated carbocycles. The van der Waals surface area contributed by atoms with Gasteiger partial charge >= 0.3 is 0 Å². The van der Waals surface area contributed by atoms with Crippen molar-refractivity contribution in [3.05, 3.63) is 17.7 Å². The molecule has 0 fully saturated rings. The second-order valence-electron chi connectivity index (χ2n) is 3.01. The molecule has 0 bridgehead atoms. The van der Waals surface area contributed by atoms with Gasteiger partial charge in [-0.05, 0) is 18.0 Å². The van der Waals surface area contributed by atoms with Gasteiger partial charge in [-0.3, -0.25) is 0 Å². The molecule has 0 saturated heterocycles. The summed E-state index contributed by atoms with van der Waals surface area (Å²) in [7, 11) is -1.95. The van der Waals surface area contributed by atoms with Gasteiger partial charge in [-0.15, -0.1) is 0 Å². The summed E-state index contributed by atoms with van der Waals surface area (Å²) in [4.78, 5) is 7.33. The molecule has 0 N–H and O–H groups in total. The molecule has 1 rings (SSSR count). The summed E-state index contributed by atoms with van der Waals surface area (Å²) in [6.07, 6.45) is 3.16. The minimum atomic E-state index is -3.47. The average Bonchev–Trinajstić information content (AvgIpc) is 2.18. The number of sulfonamides is 1. The highest BCUT2D eigenvalue weighted by Gasteiger charge is 2.20. The van der Waals surface area contributed by atoms with E-state index < -0.39 is 10.0 Å². The first-order valence-electron chi connectivity index (χ1n) is 4.42. The molecule has 15 heavy (non-hydrogen) atoms. The Hall–Kier alpha value is -0.720. The summed E-state index contributed by atoms with van der Waals surface area (Å²) in [6.45, 7) is 2.37. The van der Waals surface area contributed by atoms with E-state index in [0.29, 0.717) is 6.54 Å². The molecule has 0 unspecified atom stereocenters. The van der Waals surface area contributed by atoms with Crippen molar-refractivity contribution in [3.63, 3.8) is 0 Å². The maximum absolute atomic E-state index is 11.8. The molecule has 5 nitrogen and oxygen atoms in total. The smallest absolute Gasteiger partial charge is 0.225 e. The van der Waals surface area contributed by atoms with Crippen LogP contribution in [0.5, 0.6) is 0 Å². The molecule has 1 heterocycles. The summed E-state index contributed by atoms with van der Waals surface area (Å²) in [5, 5.41) is 0.0343. The zero-order valence-electron chi connectivity index (χ0n) is 8.51. The number of hydrogen-bond acceptors (Lipinski definition) is 4. The van der Waals surface area contributed by atoms with Crippen molar-refractivity contribution in [1.82, 2.24) is 14.3 Å². The van der Waals surface area contributed by atoms with Gasteiger partial charge in [-0.1, -0.05) is 6.92 Å². The molecule has 0 aliphatic rings. The standard InChI is InChI=1S/C8H12ClN3O2S/c1-3-4-12(2)15(13,14)7-5-10-8(9)11-6-7/h5-6H,3-4H2,1-2H3. The fourth-order valence-electron chi connectivity index (χ4n) is 1.05. The van der Waals surface area contributed by atoms with Gasteiger partial charge in [0.2, 0.25) is 15.3 Å². The third kappa shape index (κ3) is 2.87. The highest BCUT2D eigenvalue weighted by molar-refractivity contribution is 7.89. The number of halogens is 1. The Bertz CT molecular complexity index is 418. The predicted octanol–water partition coefficient (Wildman–Crippen LogP) is 1.16. The topological polar surface area (TPSA) is 63.2 Å². The third-order valence-electron chi connectivity index (χ3n) is 1.84. The van der Waals surface area contributed by atoms with Gasteiger partial charge in [0, 0.05) is 13.6 Å². The lowest BCUT2D eigenvalue weighted by Gasteiger charge is -2.15. The summed E-state index contributed by atoms with van der Waals surface area (Å²) < 4.78 is 24.9. The largest absolute Gasteiger partial charge is 0.245 e. The first-order valence-corrected chi connectivity index (χ1v) is 6.24. The average molecular weight is 250 g/mol. The van der Waals surface area contributed by atoms with Crippen LogP contribution in [0, 0.1) is 0 Å². The lowest BCUT2D eigenvalue weighted by Crippen LogP contribution is -2.27. The van der Waals surface area contributed by atoms with Gasteiger partial charge in [0.05, 0.1) is 12.4 Å². The molecular weight excluding hydrogens is 238 g/mol. The first-order chi connectivity index (χ1) is 6.98. The second kappa shape index (κ2) is 4.87. The van der Waals surface area contributed by atoms with Crippen LogP contribution < -0.4 is 0 Å². The van der Waals surface area contributed by atoms with Gasteiger partial charge in [0.1, 0.15) is 4.90 Å². The van der Waals surface area contributed by atoms with Gasteiger partial charge in [0.25, 0.3) is 0 Å². The number of rotatable bonds is 4. The van der Waals surface area contributed by atoms with Gasteiger partial charge < -0.3 is 0 Å². The fourth-order valence-corrected chi connectivity index (χ4v) is 2.30. The van der Waals surface area contributed by atoms with Crippen molar-refractivity contribution in [2.75, 3.05) is 13.6 Å². The number of hydrogen-bond donors (Lipinski definition) is 0. The van der Waals surface area contributed by atoms with E-state index >= 15 is 0 Å². The molecule has 1 aromatic rings. The monoisotopic (exact) mass is 249 g/mol. The first kappa shape index (κ1) is 12.4. The molecule has 0 radical (unpaired) electrons. The molecule has 0 amide bonds. The van der Waals surface area contributed by atoms with Crippen LogP contribution in [0.15, 0.2) is 17.3 Å². The van der Waals surface area contributed by atoms with Gasteiger partial charge in [0.15, 0.2) is 0 Å². The number of nitrogens with zero attached hydrogens (tertiary/aromatic N) is 3. The van der Waals surface area contributed by atoms with Crippen LogP contribution in [0.3, 0.4) is 0 Å². The van der Waals surface area contributed by atoms with Gasteiger partial charge in [-0.25, -0.2) is 22.7 Å². The molecule has 1 aromatic heterocycles. The lowest BCUT2D eigenvalue weighted by molar-refractivity contribution is 0.468. The molecule has 0 spiro atoms. The Morgan fingerprint density at radius 3 is 2.40 bits per heavy atom. The van der Waals surface area contributed by atoms with Crippen molar-refractivity contribution in [3.8, 4) is 0 Å². The maximum Gasteiger partial charge on any atom is 0.245 e. The highest BCUT2D eigenvalue weighted by atomic mass is 35.5. The number of aromatic nitrogens is 2. The Labute approximate surface area is 94.2 Å². The van der Waals surface area contributed by atoms with E-state index in [4.69, 9.17) is 11.6 Å². The van der Waals surface area contributed by atoms with Crippen LogP contribution in [0.2, 0.25) is 5.28 Å². The van der Waals surface area contributed by atoms with Crippen LogP contribution in [-0.4, -0.2) is 36.3 Å². The second-order valence-corrected chi connectivity index (χ2v) is 5.40. The van der Waals surface area contributed by atoms with Crippen molar-refractivity contribution >= 4 is 21.6 Å². The maximum atomic E-state index is 11.8. The third-order valence-corrected chi connectivity index (χ3v) is 3.85. The lowest BCUT2D eigenvalue weighted by atomic mass is 10.5. The van der Waals surface area contributed by atoms with E-state index in [2.05, 4.69) is 9.97 Å². The Balaban J connectivity index is 3.01. The summed E-state index contributed by atoms with van der Waals surface area (Å²) in [5.74, 6) is 0. The Morgan fingerprint density at radius 2 is 1.93 bits per heavy atom. The SMILES string of the molecule is CCCN(C)S(=O)(=O)c1cnc(Cl)nc1. The van der Waals surface area contributed by atoms with Crippen molar-refractivity contribution in [1.29, 1.82) is 0 Å². The van der Waals surface area contributed by atoms with Crippen LogP contribution in [0.25, 0.3) is 0 Å². The fraction of sp³-hybridized carbons (Fsp3) is 0.500. The molecule has 7 heteroatoms. The molecule has 0 aromatic carbocycles. The molecular formula is C8H12ClN3O2S. The normalized spacial score (nSPS) is 12.0. The molecule has 0 atom stereocenters. The van der Waals surface area contributed by atoms with Crippen LogP contribution in [0.1, 0.15) is 13.3 Å². The molecule has 84 valence electrons. The van der Waals surface area contributed by atoms with Crippen LogP contribution >= 0.6 is 11.6 Å². The molecule has 0 aliphatic carbocycles. The minimum absolute atomic E-state index is 0.0343. The van der Waals surface area contributed by atoms with E-state index in [9.17, 15) is 8.42 Å². The Kier molecular flexibility index (Phi) is 4.01. The predicted molar refractivity (Wildman–Crippen MR) is 57.1 cm³/mol. The summed E-state index contributed by atoms with van der Waals surface area (Å²) in [5.41, 5.74) is 0. The summed E-state index contributed by atoms with van der Waals surface area (Å²) >= 11 is 5.47. The van der Waals surface area contributed by atoms with Crippen LogP contribution in [0.4, 0.5) is 0 Å². The zero-order chi connectivity index (χ0) is 11.5. The van der Waals surface area contributed by atoms with Gasteiger partial charge in [-0.2, -0.15) is 0 Å². The van der Waals surface area contributed by atoms with Crippen molar-refractivity contribution in [2.45, 2.75) is 18.2 Å². The van der Waals surface area contributed by atoms with E-state index in [1.54, 1.807) is 0 Å².